The van der Waals surface area contributed by atoms with E-state index in [9.17, 15) is 0 Å². The molecule has 0 aliphatic rings. The predicted molar refractivity (Wildman–Crippen MR) is 73.6 cm³/mol. The number of ether oxygens (including phenoxy) is 1. The van der Waals surface area contributed by atoms with E-state index in [2.05, 4.69) is 13.8 Å². The molecule has 96 valence electrons. The molecule has 1 aromatic rings. The van der Waals surface area contributed by atoms with Crippen molar-refractivity contribution >= 4 is 11.6 Å². The molecular formula is C14H22ClNO. The molecule has 0 spiro atoms. The first-order valence-corrected chi connectivity index (χ1v) is 6.56. The SMILES string of the molecule is CC(C)CCCOc1ccc(C(C)N)cc1Cl. The van der Waals surface area contributed by atoms with Gasteiger partial charge in [0.25, 0.3) is 0 Å². The Morgan fingerprint density at radius 2 is 2.00 bits per heavy atom. The molecule has 1 rings (SSSR count). The third kappa shape index (κ3) is 4.97. The van der Waals surface area contributed by atoms with Crippen LogP contribution >= 0.6 is 11.6 Å². The molecule has 0 aliphatic carbocycles. The maximum atomic E-state index is 6.13. The second kappa shape index (κ2) is 6.87. The van der Waals surface area contributed by atoms with Crippen molar-refractivity contribution in [1.29, 1.82) is 0 Å². The first kappa shape index (κ1) is 14.3. The van der Waals surface area contributed by atoms with Gasteiger partial charge in [0.1, 0.15) is 5.75 Å². The van der Waals surface area contributed by atoms with Gasteiger partial charge in [-0.1, -0.05) is 31.5 Å². The van der Waals surface area contributed by atoms with Gasteiger partial charge in [-0.15, -0.1) is 0 Å². The Balaban J connectivity index is 2.49. The van der Waals surface area contributed by atoms with Crippen LogP contribution in [0.1, 0.15) is 45.2 Å². The lowest BCUT2D eigenvalue weighted by atomic mass is 10.1. The average Bonchev–Trinajstić information content (AvgIpc) is 2.25. The second-order valence-electron chi connectivity index (χ2n) is 4.86. The topological polar surface area (TPSA) is 35.2 Å². The van der Waals surface area contributed by atoms with E-state index in [1.165, 1.54) is 6.42 Å². The molecule has 1 atom stereocenters. The van der Waals surface area contributed by atoms with E-state index in [-0.39, 0.29) is 6.04 Å². The van der Waals surface area contributed by atoms with Crippen LogP contribution in [0.25, 0.3) is 0 Å². The van der Waals surface area contributed by atoms with E-state index in [1.54, 1.807) is 0 Å². The molecule has 2 nitrogen and oxygen atoms in total. The van der Waals surface area contributed by atoms with Gasteiger partial charge < -0.3 is 10.5 Å². The van der Waals surface area contributed by atoms with E-state index in [1.807, 2.05) is 25.1 Å². The molecule has 17 heavy (non-hydrogen) atoms. The molecule has 2 N–H and O–H groups in total. The zero-order chi connectivity index (χ0) is 12.8. The van der Waals surface area contributed by atoms with E-state index < -0.39 is 0 Å². The van der Waals surface area contributed by atoms with Crippen LogP contribution in [0.2, 0.25) is 5.02 Å². The van der Waals surface area contributed by atoms with Crippen molar-refractivity contribution in [1.82, 2.24) is 0 Å². The number of nitrogens with two attached hydrogens (primary N) is 1. The first-order chi connectivity index (χ1) is 8.00. The molecule has 0 bridgehead atoms. The van der Waals surface area contributed by atoms with Crippen LogP contribution in [-0.2, 0) is 0 Å². The number of rotatable bonds is 6. The van der Waals surface area contributed by atoms with E-state index in [4.69, 9.17) is 22.1 Å². The largest absolute Gasteiger partial charge is 0.492 e. The van der Waals surface area contributed by atoms with E-state index in [0.29, 0.717) is 5.02 Å². The monoisotopic (exact) mass is 255 g/mol. The summed E-state index contributed by atoms with van der Waals surface area (Å²) in [6.45, 7) is 7.08. The summed E-state index contributed by atoms with van der Waals surface area (Å²) < 4.78 is 5.65. The zero-order valence-corrected chi connectivity index (χ0v) is 11.6. The van der Waals surface area contributed by atoms with Gasteiger partial charge >= 0.3 is 0 Å². The minimum absolute atomic E-state index is 0.00231. The molecule has 0 amide bonds. The Kier molecular flexibility index (Phi) is 5.79. The van der Waals surface area contributed by atoms with Crippen LogP contribution in [0.5, 0.6) is 5.75 Å². The minimum atomic E-state index is 0.00231. The van der Waals surface area contributed by atoms with Crippen molar-refractivity contribution in [3.05, 3.63) is 28.8 Å². The number of hydrogen-bond acceptors (Lipinski definition) is 2. The summed E-state index contributed by atoms with van der Waals surface area (Å²) in [7, 11) is 0. The van der Waals surface area contributed by atoms with Crippen molar-refractivity contribution in [2.24, 2.45) is 11.7 Å². The average molecular weight is 256 g/mol. The highest BCUT2D eigenvalue weighted by Crippen LogP contribution is 2.27. The predicted octanol–water partition coefficient (Wildman–Crippen LogP) is 4.17. The molecular weight excluding hydrogens is 234 g/mol. The Hall–Kier alpha value is -0.730. The fourth-order valence-corrected chi connectivity index (χ4v) is 1.83. The van der Waals surface area contributed by atoms with Crippen molar-refractivity contribution in [3.63, 3.8) is 0 Å². The maximum absolute atomic E-state index is 6.13. The third-order valence-electron chi connectivity index (χ3n) is 2.67. The van der Waals surface area contributed by atoms with Gasteiger partial charge in [0.15, 0.2) is 0 Å². The molecule has 1 unspecified atom stereocenters. The van der Waals surface area contributed by atoms with Crippen molar-refractivity contribution in [3.8, 4) is 5.75 Å². The van der Waals surface area contributed by atoms with Crippen LogP contribution in [0.4, 0.5) is 0 Å². The molecule has 0 heterocycles. The Labute approximate surface area is 109 Å². The quantitative estimate of drug-likeness (QED) is 0.774. The highest BCUT2D eigenvalue weighted by atomic mass is 35.5. The molecule has 0 saturated heterocycles. The molecule has 0 fully saturated rings. The van der Waals surface area contributed by atoms with E-state index in [0.717, 1.165) is 30.3 Å². The maximum Gasteiger partial charge on any atom is 0.137 e. The van der Waals surface area contributed by atoms with Crippen molar-refractivity contribution in [2.75, 3.05) is 6.61 Å². The molecule has 3 heteroatoms. The first-order valence-electron chi connectivity index (χ1n) is 6.18. The van der Waals surface area contributed by atoms with Gasteiger partial charge in [0, 0.05) is 6.04 Å². The smallest absolute Gasteiger partial charge is 0.137 e. The van der Waals surface area contributed by atoms with Gasteiger partial charge in [-0.05, 0) is 43.4 Å². The number of halogens is 1. The highest BCUT2D eigenvalue weighted by Gasteiger charge is 2.05. The fourth-order valence-electron chi connectivity index (χ4n) is 1.59. The fraction of sp³-hybridized carbons (Fsp3) is 0.571. The van der Waals surface area contributed by atoms with Gasteiger partial charge in [0.05, 0.1) is 11.6 Å². The summed E-state index contributed by atoms with van der Waals surface area (Å²) in [6.07, 6.45) is 2.23. The Morgan fingerprint density at radius 1 is 1.29 bits per heavy atom. The summed E-state index contributed by atoms with van der Waals surface area (Å²) in [5, 5.41) is 0.643. The Morgan fingerprint density at radius 3 is 2.53 bits per heavy atom. The summed E-state index contributed by atoms with van der Waals surface area (Å²) >= 11 is 6.13. The minimum Gasteiger partial charge on any atom is -0.492 e. The lowest BCUT2D eigenvalue weighted by Crippen LogP contribution is -2.05. The lowest BCUT2D eigenvalue weighted by Gasteiger charge is -2.11. The second-order valence-corrected chi connectivity index (χ2v) is 5.27. The normalized spacial score (nSPS) is 12.8. The lowest BCUT2D eigenvalue weighted by molar-refractivity contribution is 0.298. The summed E-state index contributed by atoms with van der Waals surface area (Å²) in [5.41, 5.74) is 6.82. The molecule has 0 aromatic heterocycles. The van der Waals surface area contributed by atoms with Crippen LogP contribution < -0.4 is 10.5 Å². The van der Waals surface area contributed by atoms with Crippen LogP contribution in [-0.4, -0.2) is 6.61 Å². The highest BCUT2D eigenvalue weighted by molar-refractivity contribution is 6.32. The van der Waals surface area contributed by atoms with Crippen molar-refractivity contribution < 1.29 is 4.74 Å². The summed E-state index contributed by atoms with van der Waals surface area (Å²) in [5.74, 6) is 1.47. The van der Waals surface area contributed by atoms with Crippen LogP contribution in [0, 0.1) is 5.92 Å². The molecule has 0 saturated carbocycles. The molecule has 0 aliphatic heterocycles. The zero-order valence-electron chi connectivity index (χ0n) is 10.9. The summed E-state index contributed by atoms with van der Waals surface area (Å²) in [6, 6.07) is 5.75. The summed E-state index contributed by atoms with van der Waals surface area (Å²) in [4.78, 5) is 0. The van der Waals surface area contributed by atoms with E-state index >= 15 is 0 Å². The van der Waals surface area contributed by atoms with Gasteiger partial charge in [-0.25, -0.2) is 0 Å². The number of hydrogen-bond donors (Lipinski definition) is 1. The standard InChI is InChI=1S/C14H22ClNO/c1-10(2)5-4-8-17-14-7-6-12(11(3)16)9-13(14)15/h6-7,9-11H,4-5,8,16H2,1-3H3. The molecule has 0 radical (unpaired) electrons. The van der Waals surface area contributed by atoms with Crippen LogP contribution in [0.3, 0.4) is 0 Å². The van der Waals surface area contributed by atoms with Gasteiger partial charge in [-0.3, -0.25) is 0 Å². The van der Waals surface area contributed by atoms with Crippen molar-refractivity contribution in [2.45, 2.75) is 39.7 Å². The van der Waals surface area contributed by atoms with Crippen LogP contribution in [0.15, 0.2) is 18.2 Å². The third-order valence-corrected chi connectivity index (χ3v) is 2.96. The molecule has 1 aromatic carbocycles. The van der Waals surface area contributed by atoms with Gasteiger partial charge in [-0.2, -0.15) is 0 Å². The Bertz CT molecular complexity index is 350. The number of benzene rings is 1. The van der Waals surface area contributed by atoms with Gasteiger partial charge in [0.2, 0.25) is 0 Å².